The average molecular weight is 553 g/mol. The van der Waals surface area contributed by atoms with E-state index in [0.717, 1.165) is 12.8 Å². The van der Waals surface area contributed by atoms with Crippen molar-refractivity contribution in [2.45, 2.75) is 38.8 Å². The van der Waals surface area contributed by atoms with E-state index in [-0.39, 0.29) is 54.0 Å². The van der Waals surface area contributed by atoms with Gasteiger partial charge >= 0.3 is 18.6 Å². The summed E-state index contributed by atoms with van der Waals surface area (Å²) in [4.78, 5) is 27.8. The van der Waals surface area contributed by atoms with E-state index in [1.165, 1.54) is 42.5 Å². The second kappa shape index (κ2) is 12.7. The number of ether oxygens (including phenoxy) is 3. The molecule has 1 unspecified atom stereocenters. The molecule has 12 heteroatoms. The van der Waals surface area contributed by atoms with Crippen molar-refractivity contribution in [3.05, 3.63) is 65.0 Å². The van der Waals surface area contributed by atoms with Crippen LogP contribution in [0, 0.1) is 5.92 Å². The molecule has 0 bridgehead atoms. The number of benzene rings is 2. The second-order valence-corrected chi connectivity index (χ2v) is 8.68. The number of carbonyl (C=O) groups excluding carboxylic acids is 1. The number of esters is 1. The van der Waals surface area contributed by atoms with Crippen molar-refractivity contribution in [2.75, 3.05) is 13.2 Å². The number of aromatic carboxylic acids is 1. The number of carboxylic acid groups (broad SMARTS) is 1. The van der Waals surface area contributed by atoms with E-state index in [2.05, 4.69) is 9.72 Å². The van der Waals surface area contributed by atoms with Crippen molar-refractivity contribution in [1.82, 2.24) is 4.98 Å². The first-order valence-electron chi connectivity index (χ1n) is 11.7. The van der Waals surface area contributed by atoms with Crippen molar-refractivity contribution >= 4 is 24.3 Å². The minimum atomic E-state index is -3.00. The Kier molecular flexibility index (Phi) is 9.65. The van der Waals surface area contributed by atoms with Gasteiger partial charge in [0.15, 0.2) is 11.5 Å². The predicted molar refractivity (Wildman–Crippen MR) is 134 cm³/mol. The first kappa shape index (κ1) is 28.9. The third kappa shape index (κ3) is 7.42. The lowest BCUT2D eigenvalue weighted by Gasteiger charge is -2.12. The fraction of sp³-hybridized carbons (Fsp3) is 0.346. The molecular weight excluding hydrogens is 526 g/mol. The second-order valence-electron chi connectivity index (χ2n) is 8.68. The SMILES string of the molecule is CC(N)c1oc(-c2ccc(OC(F)F)c(OCC3CC3)c2)nc1CCOC(=O)c1ccc(C(=O)O)cc1.Cl. The topological polar surface area (TPSA) is 134 Å². The first-order chi connectivity index (χ1) is 17.7. The number of nitrogens with two attached hydrogens (primary N) is 1. The zero-order chi connectivity index (χ0) is 26.5. The van der Waals surface area contributed by atoms with Crippen LogP contribution in [0.15, 0.2) is 46.9 Å². The molecule has 3 aromatic rings. The van der Waals surface area contributed by atoms with E-state index in [9.17, 15) is 18.4 Å². The molecule has 0 radical (unpaired) electrons. The lowest BCUT2D eigenvalue weighted by molar-refractivity contribution is -0.0515. The largest absolute Gasteiger partial charge is 0.489 e. The highest BCUT2D eigenvalue weighted by atomic mass is 35.5. The molecular formula is C26H27ClF2N2O7. The number of hydrogen-bond acceptors (Lipinski definition) is 8. The van der Waals surface area contributed by atoms with Crippen molar-refractivity contribution in [3.8, 4) is 23.0 Å². The molecule has 1 aliphatic rings. The molecule has 0 aliphatic heterocycles. The minimum absolute atomic E-state index is 0. The van der Waals surface area contributed by atoms with Gasteiger partial charge < -0.3 is 29.5 Å². The van der Waals surface area contributed by atoms with Crippen molar-refractivity contribution in [1.29, 1.82) is 0 Å². The van der Waals surface area contributed by atoms with Crippen LogP contribution < -0.4 is 15.2 Å². The Morgan fingerprint density at radius 2 is 1.82 bits per heavy atom. The molecule has 3 N–H and O–H groups in total. The van der Waals surface area contributed by atoms with Crippen molar-refractivity contribution in [2.24, 2.45) is 11.7 Å². The molecule has 1 saturated carbocycles. The van der Waals surface area contributed by atoms with Crippen LogP contribution in [-0.2, 0) is 11.2 Å². The maximum absolute atomic E-state index is 12.8. The summed E-state index contributed by atoms with van der Waals surface area (Å²) in [5, 5.41) is 8.97. The fourth-order valence-corrected chi connectivity index (χ4v) is 3.53. The molecule has 204 valence electrons. The Labute approximate surface area is 223 Å². The summed E-state index contributed by atoms with van der Waals surface area (Å²) in [5.41, 5.74) is 7.28. The predicted octanol–water partition coefficient (Wildman–Crippen LogP) is 5.27. The number of hydrogen-bond donors (Lipinski definition) is 2. The van der Waals surface area contributed by atoms with E-state index in [4.69, 9.17) is 24.7 Å². The van der Waals surface area contributed by atoms with Gasteiger partial charge in [-0.05, 0) is 68.1 Å². The molecule has 0 saturated heterocycles. The standard InChI is InChI=1S/C26H26F2N2O7.ClH/c1-14(29)22-19(10-11-34-25(33)17-6-4-16(5-7-17)24(31)32)30-23(37-22)18-8-9-20(36-26(27)28)21(12-18)35-13-15-2-3-15;/h4-9,12,14-15,26H,2-3,10-11,13,29H2,1H3,(H,31,32);1H. The number of nitrogens with zero attached hydrogens (tertiary/aromatic N) is 1. The summed E-state index contributed by atoms with van der Waals surface area (Å²) in [7, 11) is 0. The Bertz CT molecular complexity index is 1260. The molecule has 1 fully saturated rings. The van der Waals surface area contributed by atoms with E-state index >= 15 is 0 Å². The summed E-state index contributed by atoms with van der Waals surface area (Å²) in [6, 6.07) is 9.30. The lowest BCUT2D eigenvalue weighted by atomic mass is 10.1. The van der Waals surface area contributed by atoms with Gasteiger partial charge in [0.25, 0.3) is 0 Å². The van der Waals surface area contributed by atoms with Gasteiger partial charge in [0.1, 0.15) is 5.76 Å². The molecule has 1 heterocycles. The van der Waals surface area contributed by atoms with E-state index in [0.29, 0.717) is 29.5 Å². The van der Waals surface area contributed by atoms with Gasteiger partial charge in [0.2, 0.25) is 5.89 Å². The molecule has 2 aromatic carbocycles. The zero-order valence-corrected chi connectivity index (χ0v) is 21.2. The summed E-state index contributed by atoms with van der Waals surface area (Å²) in [5.74, 6) is -0.628. The van der Waals surface area contributed by atoms with Crippen LogP contribution in [0.3, 0.4) is 0 Å². The summed E-state index contributed by atoms with van der Waals surface area (Å²) in [6.45, 7) is -0.907. The van der Waals surface area contributed by atoms with Gasteiger partial charge in [-0.15, -0.1) is 12.4 Å². The van der Waals surface area contributed by atoms with Crippen LogP contribution in [0.2, 0.25) is 0 Å². The maximum Gasteiger partial charge on any atom is 0.387 e. The highest BCUT2D eigenvalue weighted by Gasteiger charge is 2.24. The quantitative estimate of drug-likeness (QED) is 0.288. The molecule has 1 atom stereocenters. The summed E-state index contributed by atoms with van der Waals surface area (Å²) >= 11 is 0. The zero-order valence-electron chi connectivity index (χ0n) is 20.4. The molecule has 0 amide bonds. The number of carboxylic acids is 1. The monoisotopic (exact) mass is 552 g/mol. The van der Waals surface area contributed by atoms with Gasteiger partial charge in [-0.3, -0.25) is 0 Å². The molecule has 1 aliphatic carbocycles. The van der Waals surface area contributed by atoms with Gasteiger partial charge in [-0.25, -0.2) is 14.6 Å². The number of carbonyl (C=O) groups is 2. The minimum Gasteiger partial charge on any atom is -0.489 e. The molecule has 38 heavy (non-hydrogen) atoms. The maximum atomic E-state index is 12.8. The Morgan fingerprint density at radius 1 is 1.13 bits per heavy atom. The number of halogens is 3. The summed E-state index contributed by atoms with van der Waals surface area (Å²) < 4.78 is 47.1. The smallest absolute Gasteiger partial charge is 0.387 e. The lowest BCUT2D eigenvalue weighted by Crippen LogP contribution is -2.11. The number of aromatic nitrogens is 1. The number of rotatable bonds is 12. The molecule has 1 aromatic heterocycles. The molecule has 9 nitrogen and oxygen atoms in total. The van der Waals surface area contributed by atoms with Crippen LogP contribution >= 0.6 is 12.4 Å². The van der Waals surface area contributed by atoms with Crippen molar-refractivity contribution < 1.29 is 42.1 Å². The summed E-state index contributed by atoms with van der Waals surface area (Å²) in [6.07, 6.45) is 2.27. The van der Waals surface area contributed by atoms with Crippen LogP contribution in [0.25, 0.3) is 11.5 Å². The average Bonchev–Trinajstić information content (AvgIpc) is 3.60. The van der Waals surface area contributed by atoms with Crippen LogP contribution in [-0.4, -0.2) is 41.9 Å². The highest BCUT2D eigenvalue weighted by molar-refractivity contribution is 5.92. The van der Waals surface area contributed by atoms with Crippen LogP contribution in [0.1, 0.15) is 58.0 Å². The highest BCUT2D eigenvalue weighted by Crippen LogP contribution is 2.37. The number of alkyl halides is 2. The van der Waals surface area contributed by atoms with E-state index in [1.54, 1.807) is 6.92 Å². The van der Waals surface area contributed by atoms with Gasteiger partial charge in [-0.1, -0.05) is 0 Å². The normalized spacial score (nSPS) is 13.5. The Morgan fingerprint density at radius 3 is 2.42 bits per heavy atom. The number of oxazole rings is 1. The Balaban J connectivity index is 0.00000400. The first-order valence-corrected chi connectivity index (χ1v) is 11.7. The fourth-order valence-electron chi connectivity index (χ4n) is 3.53. The van der Waals surface area contributed by atoms with Gasteiger partial charge in [0.05, 0.1) is 36.1 Å². The van der Waals surface area contributed by atoms with E-state index in [1.807, 2.05) is 0 Å². The van der Waals surface area contributed by atoms with Crippen molar-refractivity contribution in [3.63, 3.8) is 0 Å². The van der Waals surface area contributed by atoms with Gasteiger partial charge in [0, 0.05) is 12.0 Å². The van der Waals surface area contributed by atoms with Crippen LogP contribution in [0.5, 0.6) is 11.5 Å². The third-order valence-corrected chi connectivity index (χ3v) is 5.66. The van der Waals surface area contributed by atoms with Gasteiger partial charge in [-0.2, -0.15) is 8.78 Å². The molecule has 0 spiro atoms. The third-order valence-electron chi connectivity index (χ3n) is 5.66. The van der Waals surface area contributed by atoms with Crippen LogP contribution in [0.4, 0.5) is 8.78 Å². The Hall–Kier alpha value is -3.70. The molecule has 4 rings (SSSR count). The van der Waals surface area contributed by atoms with E-state index < -0.39 is 24.6 Å².